The normalized spacial score (nSPS) is 10.2. The number of nitrogen functional groups attached to an aromatic ring is 1. The fourth-order valence-electron chi connectivity index (χ4n) is 1.63. The zero-order valence-corrected chi connectivity index (χ0v) is 11.3. The Balaban J connectivity index is 2.08. The second-order valence-corrected chi connectivity index (χ2v) is 4.70. The molecular weight excluding hydrogens is 262 g/mol. The average molecular weight is 277 g/mol. The summed E-state index contributed by atoms with van der Waals surface area (Å²) in [7, 11) is 0. The van der Waals surface area contributed by atoms with Gasteiger partial charge in [-0.15, -0.1) is 0 Å². The van der Waals surface area contributed by atoms with Gasteiger partial charge >= 0.3 is 0 Å². The van der Waals surface area contributed by atoms with Crippen LogP contribution in [0.5, 0.6) is 0 Å². The summed E-state index contributed by atoms with van der Waals surface area (Å²) in [6, 6.07) is 3.79. The van der Waals surface area contributed by atoms with Crippen LogP contribution in [0.1, 0.15) is 6.92 Å². The van der Waals surface area contributed by atoms with Crippen LogP contribution in [-0.4, -0.2) is 28.4 Å². The number of nitrogens with one attached hydrogen (secondary N) is 2. The topological polar surface area (TPSA) is 92.9 Å². The monoisotopic (exact) mass is 277 g/mol. The van der Waals surface area contributed by atoms with Crippen molar-refractivity contribution in [3.05, 3.63) is 24.5 Å². The van der Waals surface area contributed by atoms with Gasteiger partial charge in [-0.3, -0.25) is 9.78 Å². The molecule has 100 valence electrons. The fraction of sp³-hybridized carbons (Fsp3) is 0.250. The third-order valence-corrected chi connectivity index (χ3v) is 3.27. The standard InChI is InChI=1S/C12H15N5OS/c1-8(18)15-5-6-16-12-10(11(13)17-19-12)9-3-2-4-14-7-9/h2-4,7,16H,5-6H2,1H3,(H2,13,17)(H,15,18). The Kier molecular flexibility index (Phi) is 4.30. The molecule has 0 atom stereocenters. The van der Waals surface area contributed by atoms with Gasteiger partial charge in [0.05, 0.1) is 5.56 Å². The molecule has 0 radical (unpaired) electrons. The van der Waals surface area contributed by atoms with E-state index in [1.165, 1.54) is 18.5 Å². The Labute approximate surface area is 115 Å². The van der Waals surface area contributed by atoms with Gasteiger partial charge in [0.1, 0.15) is 10.8 Å². The lowest BCUT2D eigenvalue weighted by atomic mass is 10.1. The number of nitrogens with two attached hydrogens (primary N) is 1. The number of carbonyl (C=O) groups excluding carboxylic acids is 1. The first-order valence-electron chi connectivity index (χ1n) is 5.82. The van der Waals surface area contributed by atoms with Crippen molar-refractivity contribution < 1.29 is 4.79 Å². The van der Waals surface area contributed by atoms with Crippen molar-refractivity contribution in [3.63, 3.8) is 0 Å². The zero-order valence-electron chi connectivity index (χ0n) is 10.5. The SMILES string of the molecule is CC(=O)NCCNc1snc(N)c1-c1cccnc1. The van der Waals surface area contributed by atoms with Crippen LogP contribution in [0.25, 0.3) is 11.1 Å². The second kappa shape index (κ2) is 6.14. The lowest BCUT2D eigenvalue weighted by Crippen LogP contribution is -2.26. The Morgan fingerprint density at radius 1 is 1.47 bits per heavy atom. The summed E-state index contributed by atoms with van der Waals surface area (Å²) in [4.78, 5) is 14.8. The largest absolute Gasteiger partial charge is 0.382 e. The lowest BCUT2D eigenvalue weighted by Gasteiger charge is -2.07. The molecule has 0 aliphatic carbocycles. The number of amides is 1. The third kappa shape index (κ3) is 3.41. The van der Waals surface area contributed by atoms with E-state index >= 15 is 0 Å². The summed E-state index contributed by atoms with van der Waals surface area (Å²) in [6.45, 7) is 2.67. The van der Waals surface area contributed by atoms with Gasteiger partial charge in [-0.2, -0.15) is 4.37 Å². The van der Waals surface area contributed by atoms with E-state index in [4.69, 9.17) is 5.73 Å². The van der Waals surface area contributed by atoms with Crippen molar-refractivity contribution in [2.45, 2.75) is 6.92 Å². The maximum atomic E-state index is 10.8. The van der Waals surface area contributed by atoms with Gasteiger partial charge in [0, 0.05) is 38.0 Å². The molecular formula is C12H15N5OS. The minimum atomic E-state index is -0.0434. The predicted molar refractivity (Wildman–Crippen MR) is 76.9 cm³/mol. The summed E-state index contributed by atoms with van der Waals surface area (Å²) < 4.78 is 4.15. The van der Waals surface area contributed by atoms with E-state index in [1.807, 2.05) is 12.1 Å². The third-order valence-electron chi connectivity index (χ3n) is 2.45. The molecule has 0 aliphatic heterocycles. The molecule has 0 saturated heterocycles. The molecule has 0 fully saturated rings. The summed E-state index contributed by atoms with van der Waals surface area (Å²) >= 11 is 1.30. The maximum absolute atomic E-state index is 10.8. The van der Waals surface area contributed by atoms with Crippen LogP contribution in [0.2, 0.25) is 0 Å². The minimum absolute atomic E-state index is 0.0434. The van der Waals surface area contributed by atoms with Gasteiger partial charge in [-0.25, -0.2) is 0 Å². The van der Waals surface area contributed by atoms with Crippen molar-refractivity contribution in [1.29, 1.82) is 0 Å². The molecule has 0 saturated carbocycles. The number of aromatic nitrogens is 2. The number of anilines is 2. The summed E-state index contributed by atoms with van der Waals surface area (Å²) in [5, 5.41) is 6.83. The van der Waals surface area contributed by atoms with Gasteiger partial charge in [0.15, 0.2) is 0 Å². The molecule has 0 spiro atoms. The minimum Gasteiger partial charge on any atom is -0.382 e. The highest BCUT2D eigenvalue weighted by molar-refractivity contribution is 7.11. The Hall–Kier alpha value is -2.15. The number of rotatable bonds is 5. The number of hydrogen-bond acceptors (Lipinski definition) is 6. The van der Waals surface area contributed by atoms with E-state index in [9.17, 15) is 4.79 Å². The molecule has 2 aromatic rings. The summed E-state index contributed by atoms with van der Waals surface area (Å²) in [6.07, 6.45) is 3.46. The molecule has 6 nitrogen and oxygen atoms in total. The summed E-state index contributed by atoms with van der Waals surface area (Å²) in [5.41, 5.74) is 7.68. The van der Waals surface area contributed by atoms with Crippen LogP contribution in [0.15, 0.2) is 24.5 Å². The van der Waals surface area contributed by atoms with Crippen LogP contribution in [0.3, 0.4) is 0 Å². The number of carbonyl (C=O) groups is 1. The Morgan fingerprint density at radius 2 is 2.32 bits per heavy atom. The van der Waals surface area contributed by atoms with Gasteiger partial charge in [0.25, 0.3) is 0 Å². The van der Waals surface area contributed by atoms with Crippen molar-refractivity contribution in [2.24, 2.45) is 0 Å². The first-order chi connectivity index (χ1) is 9.18. The first-order valence-corrected chi connectivity index (χ1v) is 6.59. The van der Waals surface area contributed by atoms with E-state index in [1.54, 1.807) is 12.4 Å². The second-order valence-electron chi connectivity index (χ2n) is 3.92. The van der Waals surface area contributed by atoms with Gasteiger partial charge in [-0.1, -0.05) is 6.07 Å². The van der Waals surface area contributed by atoms with Crippen molar-refractivity contribution in [3.8, 4) is 11.1 Å². The van der Waals surface area contributed by atoms with Gasteiger partial charge < -0.3 is 16.4 Å². The van der Waals surface area contributed by atoms with Crippen molar-refractivity contribution in [2.75, 3.05) is 24.1 Å². The van der Waals surface area contributed by atoms with Crippen LogP contribution in [0.4, 0.5) is 10.8 Å². The van der Waals surface area contributed by atoms with Crippen LogP contribution >= 0.6 is 11.5 Å². The number of nitrogens with zero attached hydrogens (tertiary/aromatic N) is 2. The zero-order chi connectivity index (χ0) is 13.7. The molecule has 2 heterocycles. The van der Waals surface area contributed by atoms with Crippen molar-refractivity contribution >= 4 is 28.3 Å². The predicted octanol–water partition coefficient (Wildman–Crippen LogP) is 1.34. The highest BCUT2D eigenvalue weighted by atomic mass is 32.1. The smallest absolute Gasteiger partial charge is 0.216 e. The molecule has 19 heavy (non-hydrogen) atoms. The molecule has 0 bridgehead atoms. The van der Waals surface area contributed by atoms with E-state index in [0.29, 0.717) is 18.9 Å². The number of hydrogen-bond donors (Lipinski definition) is 3. The molecule has 4 N–H and O–H groups in total. The van der Waals surface area contributed by atoms with E-state index < -0.39 is 0 Å². The van der Waals surface area contributed by atoms with Gasteiger partial charge in [0.2, 0.25) is 5.91 Å². The van der Waals surface area contributed by atoms with Crippen LogP contribution in [0, 0.1) is 0 Å². The van der Waals surface area contributed by atoms with E-state index in [0.717, 1.165) is 16.1 Å². The molecule has 0 aromatic carbocycles. The quantitative estimate of drug-likeness (QED) is 0.717. The average Bonchev–Trinajstić information content (AvgIpc) is 2.77. The Bertz CT molecular complexity index is 555. The van der Waals surface area contributed by atoms with Crippen LogP contribution in [-0.2, 0) is 4.79 Å². The molecule has 0 unspecified atom stereocenters. The van der Waals surface area contributed by atoms with Crippen molar-refractivity contribution in [1.82, 2.24) is 14.7 Å². The molecule has 2 aromatic heterocycles. The van der Waals surface area contributed by atoms with Gasteiger partial charge in [-0.05, 0) is 17.6 Å². The van der Waals surface area contributed by atoms with E-state index in [-0.39, 0.29) is 5.91 Å². The Morgan fingerprint density at radius 3 is 3.00 bits per heavy atom. The highest BCUT2D eigenvalue weighted by Gasteiger charge is 2.13. The lowest BCUT2D eigenvalue weighted by molar-refractivity contribution is -0.118. The molecule has 0 aliphatic rings. The molecule has 7 heteroatoms. The fourth-order valence-corrected chi connectivity index (χ4v) is 2.39. The van der Waals surface area contributed by atoms with Crippen LogP contribution < -0.4 is 16.4 Å². The first kappa shape index (κ1) is 13.3. The molecule has 1 amide bonds. The molecule has 2 rings (SSSR count). The number of pyridine rings is 1. The summed E-state index contributed by atoms with van der Waals surface area (Å²) in [5.74, 6) is 0.443. The highest BCUT2D eigenvalue weighted by Crippen LogP contribution is 2.35. The van der Waals surface area contributed by atoms with E-state index in [2.05, 4.69) is 20.0 Å². The maximum Gasteiger partial charge on any atom is 0.216 e.